The molecule has 0 aliphatic heterocycles. The molecule has 0 aromatic carbocycles. The summed E-state index contributed by atoms with van der Waals surface area (Å²) in [5, 5.41) is 8.68. The van der Waals surface area contributed by atoms with Crippen LogP contribution in [0.2, 0.25) is 5.82 Å². The van der Waals surface area contributed by atoms with Gasteiger partial charge < -0.3 is 5.11 Å². The highest BCUT2D eigenvalue weighted by Crippen LogP contribution is 2.31. The van der Waals surface area contributed by atoms with Gasteiger partial charge in [-0.15, -0.1) is 0 Å². The van der Waals surface area contributed by atoms with E-state index >= 15 is 0 Å². The molecular weight excluding hydrogens is 98.9 g/mol. The van der Waals surface area contributed by atoms with Crippen molar-refractivity contribution in [3.8, 4) is 0 Å². The van der Waals surface area contributed by atoms with Crippen LogP contribution in [0.4, 0.5) is 0 Å². The van der Waals surface area contributed by atoms with Crippen LogP contribution in [-0.4, -0.2) is 19.6 Å². The summed E-state index contributed by atoms with van der Waals surface area (Å²) < 4.78 is 0. The summed E-state index contributed by atoms with van der Waals surface area (Å²) in [6.07, 6.45) is 3.82. The highest BCUT2D eigenvalue weighted by atomic mass is 16.3. The van der Waals surface area contributed by atoms with Gasteiger partial charge in [0.2, 0.25) is 0 Å². The van der Waals surface area contributed by atoms with E-state index in [1.165, 1.54) is 19.3 Å². The minimum Gasteiger partial charge on any atom is -0.396 e. The van der Waals surface area contributed by atoms with E-state index in [1.54, 1.807) is 0 Å². The molecule has 2 heteroatoms. The van der Waals surface area contributed by atoms with Crippen LogP contribution in [0, 0.1) is 5.92 Å². The van der Waals surface area contributed by atoms with Crippen molar-refractivity contribution in [2.45, 2.75) is 25.1 Å². The van der Waals surface area contributed by atoms with Gasteiger partial charge in [-0.1, -0.05) is 18.7 Å². The average molecular weight is 112 g/mol. The Balaban J connectivity index is 2.22. The third-order valence-corrected chi connectivity index (χ3v) is 2.06. The SMILES string of the molecule is BC1CCC(CO)C1. The second kappa shape index (κ2) is 2.54. The summed E-state index contributed by atoms with van der Waals surface area (Å²) in [7, 11) is 2.26. The third-order valence-electron chi connectivity index (χ3n) is 2.06. The van der Waals surface area contributed by atoms with Crippen LogP contribution in [0.5, 0.6) is 0 Å². The van der Waals surface area contributed by atoms with Crippen LogP contribution in [-0.2, 0) is 0 Å². The van der Waals surface area contributed by atoms with Crippen molar-refractivity contribution in [1.82, 2.24) is 0 Å². The molecule has 1 aliphatic carbocycles. The quantitative estimate of drug-likeness (QED) is 0.480. The molecule has 1 fully saturated rings. The van der Waals surface area contributed by atoms with Gasteiger partial charge in [0.05, 0.1) is 0 Å². The van der Waals surface area contributed by atoms with E-state index in [4.69, 9.17) is 5.11 Å². The fraction of sp³-hybridized carbons (Fsp3) is 1.00. The molecule has 0 amide bonds. The Kier molecular flexibility index (Phi) is 1.95. The van der Waals surface area contributed by atoms with Crippen LogP contribution >= 0.6 is 0 Å². The van der Waals surface area contributed by atoms with Crippen molar-refractivity contribution >= 4 is 7.85 Å². The molecule has 1 N–H and O–H groups in total. The topological polar surface area (TPSA) is 20.2 Å². The van der Waals surface area contributed by atoms with E-state index in [0.717, 1.165) is 5.82 Å². The summed E-state index contributed by atoms with van der Waals surface area (Å²) in [6.45, 7) is 0.407. The highest BCUT2D eigenvalue weighted by Gasteiger charge is 2.19. The van der Waals surface area contributed by atoms with Gasteiger partial charge in [0, 0.05) is 6.61 Å². The zero-order valence-electron chi connectivity index (χ0n) is 5.43. The minimum atomic E-state index is 0.407. The Morgan fingerprint density at radius 2 is 2.25 bits per heavy atom. The fourth-order valence-corrected chi connectivity index (χ4v) is 1.49. The van der Waals surface area contributed by atoms with Gasteiger partial charge in [0.1, 0.15) is 7.85 Å². The zero-order valence-corrected chi connectivity index (χ0v) is 5.43. The number of aliphatic hydroxyl groups excluding tert-OH is 1. The van der Waals surface area contributed by atoms with Gasteiger partial charge in [-0.2, -0.15) is 0 Å². The first-order valence-corrected chi connectivity index (χ1v) is 3.43. The van der Waals surface area contributed by atoms with E-state index in [1.807, 2.05) is 0 Å². The van der Waals surface area contributed by atoms with Crippen molar-refractivity contribution in [1.29, 1.82) is 0 Å². The van der Waals surface area contributed by atoms with E-state index in [9.17, 15) is 0 Å². The first kappa shape index (κ1) is 6.15. The molecule has 0 aromatic rings. The van der Waals surface area contributed by atoms with Crippen LogP contribution in [0.1, 0.15) is 19.3 Å². The smallest absolute Gasteiger partial charge is 0.105 e. The first-order chi connectivity index (χ1) is 3.83. The van der Waals surface area contributed by atoms with Crippen LogP contribution < -0.4 is 0 Å². The van der Waals surface area contributed by atoms with Crippen molar-refractivity contribution in [2.75, 3.05) is 6.61 Å². The molecule has 8 heavy (non-hydrogen) atoms. The maximum atomic E-state index is 8.68. The zero-order chi connectivity index (χ0) is 5.98. The maximum absolute atomic E-state index is 8.68. The van der Waals surface area contributed by atoms with E-state index < -0.39 is 0 Å². The van der Waals surface area contributed by atoms with E-state index in [2.05, 4.69) is 7.85 Å². The number of hydrogen-bond acceptors (Lipinski definition) is 1. The van der Waals surface area contributed by atoms with Crippen LogP contribution in [0.3, 0.4) is 0 Å². The lowest BCUT2D eigenvalue weighted by Crippen LogP contribution is -1.98. The second-order valence-electron chi connectivity index (χ2n) is 2.97. The second-order valence-corrected chi connectivity index (χ2v) is 2.97. The standard InChI is InChI=1S/C6H13BO/c7-6-2-1-5(3-6)4-8/h5-6,8H,1-4,7H2. The molecule has 0 saturated heterocycles. The Morgan fingerprint density at radius 1 is 1.50 bits per heavy atom. The maximum Gasteiger partial charge on any atom is 0.105 e. The molecule has 2 unspecified atom stereocenters. The van der Waals surface area contributed by atoms with Crippen LogP contribution in [0.15, 0.2) is 0 Å². The van der Waals surface area contributed by atoms with Crippen LogP contribution in [0.25, 0.3) is 0 Å². The lowest BCUT2D eigenvalue weighted by molar-refractivity contribution is 0.230. The largest absolute Gasteiger partial charge is 0.396 e. The van der Waals surface area contributed by atoms with Gasteiger partial charge >= 0.3 is 0 Å². The molecule has 46 valence electrons. The summed E-state index contributed by atoms with van der Waals surface area (Å²) in [5.41, 5.74) is 0. The number of aliphatic hydroxyl groups is 1. The Hall–Kier alpha value is 0.0249. The Bertz CT molecular complexity index is 74.9. The molecule has 0 radical (unpaired) electrons. The molecule has 1 aliphatic rings. The number of hydrogen-bond donors (Lipinski definition) is 1. The molecular formula is C6H13BO. The van der Waals surface area contributed by atoms with E-state index in [0.29, 0.717) is 12.5 Å². The monoisotopic (exact) mass is 112 g/mol. The third kappa shape index (κ3) is 1.25. The normalized spacial score (nSPS) is 38.1. The van der Waals surface area contributed by atoms with E-state index in [-0.39, 0.29) is 0 Å². The Morgan fingerprint density at radius 3 is 2.50 bits per heavy atom. The molecule has 0 heterocycles. The predicted molar refractivity (Wildman–Crippen MR) is 36.7 cm³/mol. The highest BCUT2D eigenvalue weighted by molar-refractivity contribution is 6.11. The predicted octanol–water partition coefficient (Wildman–Crippen LogP) is 0.200. The first-order valence-electron chi connectivity index (χ1n) is 3.43. The molecule has 1 saturated carbocycles. The van der Waals surface area contributed by atoms with Crippen molar-refractivity contribution in [2.24, 2.45) is 5.92 Å². The van der Waals surface area contributed by atoms with Gasteiger partial charge in [-0.05, 0) is 12.3 Å². The summed E-state index contributed by atoms with van der Waals surface area (Å²) >= 11 is 0. The van der Waals surface area contributed by atoms with Gasteiger partial charge in [-0.25, -0.2) is 0 Å². The Labute approximate surface area is 51.5 Å². The van der Waals surface area contributed by atoms with Gasteiger partial charge in [-0.3, -0.25) is 0 Å². The van der Waals surface area contributed by atoms with Crippen molar-refractivity contribution < 1.29 is 5.11 Å². The molecule has 1 rings (SSSR count). The lowest BCUT2D eigenvalue weighted by atomic mass is 9.85. The number of rotatable bonds is 1. The molecule has 0 aromatic heterocycles. The van der Waals surface area contributed by atoms with Gasteiger partial charge in [0.25, 0.3) is 0 Å². The minimum absolute atomic E-state index is 0.407. The fourth-order valence-electron chi connectivity index (χ4n) is 1.49. The van der Waals surface area contributed by atoms with Crippen molar-refractivity contribution in [3.05, 3.63) is 0 Å². The molecule has 1 nitrogen and oxygen atoms in total. The van der Waals surface area contributed by atoms with Gasteiger partial charge in [0.15, 0.2) is 0 Å². The molecule has 0 bridgehead atoms. The average Bonchev–Trinajstić information content (AvgIpc) is 2.14. The molecule has 2 atom stereocenters. The summed E-state index contributed by atoms with van der Waals surface area (Å²) in [4.78, 5) is 0. The summed E-state index contributed by atoms with van der Waals surface area (Å²) in [5.74, 6) is 1.50. The lowest BCUT2D eigenvalue weighted by Gasteiger charge is -2.01. The van der Waals surface area contributed by atoms with Crippen molar-refractivity contribution in [3.63, 3.8) is 0 Å². The summed E-state index contributed by atoms with van der Waals surface area (Å²) in [6, 6.07) is 0. The molecule has 0 spiro atoms.